The maximum Gasteiger partial charge on any atom is 0.251 e. The molecule has 2 aromatic carbocycles. The number of amides is 1. The molecule has 3 atom stereocenters. The van der Waals surface area contributed by atoms with E-state index in [2.05, 4.69) is 33.2 Å². The van der Waals surface area contributed by atoms with Crippen LogP contribution in [0.4, 0.5) is 8.78 Å². The van der Waals surface area contributed by atoms with Gasteiger partial charge in [0.25, 0.3) is 5.91 Å². The first kappa shape index (κ1) is 24.8. The molecular formula is C23H27F2IN2O4. The van der Waals surface area contributed by atoms with Crippen molar-refractivity contribution in [2.24, 2.45) is 0 Å². The first-order valence-electron chi connectivity index (χ1n) is 10.3. The van der Waals surface area contributed by atoms with Gasteiger partial charge >= 0.3 is 0 Å². The summed E-state index contributed by atoms with van der Waals surface area (Å²) in [6, 6.07) is 8.02. The third-order valence-corrected chi connectivity index (χ3v) is 5.97. The molecule has 0 saturated heterocycles. The van der Waals surface area contributed by atoms with E-state index in [-0.39, 0.29) is 24.6 Å². The first-order valence-corrected chi connectivity index (χ1v) is 11.4. The van der Waals surface area contributed by atoms with Crippen LogP contribution in [0.3, 0.4) is 0 Å². The number of aliphatic hydroxyl groups excluding tert-OH is 1. The number of benzene rings is 2. The number of rotatable bonds is 8. The molecule has 1 heterocycles. The van der Waals surface area contributed by atoms with E-state index in [1.165, 1.54) is 13.8 Å². The summed E-state index contributed by atoms with van der Waals surface area (Å²) in [6.07, 6.45) is -0.390. The summed E-state index contributed by atoms with van der Waals surface area (Å²) in [5, 5.41) is 26.8. The predicted octanol–water partition coefficient (Wildman–Crippen LogP) is 2.84. The Balaban J connectivity index is 1.74. The van der Waals surface area contributed by atoms with Crippen LogP contribution in [0.15, 0.2) is 36.4 Å². The fraction of sp³-hybridized carbons (Fsp3) is 0.435. The summed E-state index contributed by atoms with van der Waals surface area (Å²) in [4.78, 5) is 12.4. The van der Waals surface area contributed by atoms with E-state index >= 15 is 0 Å². The molecule has 0 spiro atoms. The molecule has 0 bridgehead atoms. The van der Waals surface area contributed by atoms with Crippen LogP contribution >= 0.6 is 22.6 Å². The molecule has 0 radical (unpaired) electrons. The number of carbonyl (C=O) groups is 1. The minimum Gasteiger partial charge on any atom is -0.493 e. The second-order valence-corrected chi connectivity index (χ2v) is 9.71. The van der Waals surface area contributed by atoms with Gasteiger partial charge in [0, 0.05) is 34.2 Å². The molecule has 0 fully saturated rings. The zero-order valence-corrected chi connectivity index (χ0v) is 20.0. The summed E-state index contributed by atoms with van der Waals surface area (Å²) in [5.41, 5.74) is -0.400. The Morgan fingerprint density at radius 2 is 1.94 bits per heavy atom. The number of carbonyl (C=O) groups excluding carboxylic acids is 1. The number of aliphatic hydroxyl groups is 2. The Kier molecular flexibility index (Phi) is 8.07. The van der Waals surface area contributed by atoms with Crippen LogP contribution in [-0.2, 0) is 11.2 Å². The molecule has 2 unspecified atom stereocenters. The highest BCUT2D eigenvalue weighted by molar-refractivity contribution is 14.1. The molecule has 4 N–H and O–H groups in total. The lowest BCUT2D eigenvalue weighted by molar-refractivity contribution is -0.138. The van der Waals surface area contributed by atoms with E-state index in [1.807, 2.05) is 18.2 Å². The molecular weight excluding hydrogens is 533 g/mol. The Hall–Kier alpha value is -1.82. The normalized spacial score (nSPS) is 17.8. The van der Waals surface area contributed by atoms with Crippen LogP contribution < -0.4 is 15.4 Å². The fourth-order valence-electron chi connectivity index (χ4n) is 3.59. The molecule has 1 amide bonds. The van der Waals surface area contributed by atoms with Gasteiger partial charge in [0.15, 0.2) is 0 Å². The maximum atomic E-state index is 13.6. The summed E-state index contributed by atoms with van der Waals surface area (Å²) >= 11 is 2.22. The van der Waals surface area contributed by atoms with Gasteiger partial charge in [0.1, 0.15) is 23.0 Å². The van der Waals surface area contributed by atoms with Gasteiger partial charge in [-0.2, -0.15) is 0 Å². The van der Waals surface area contributed by atoms with Crippen LogP contribution in [0, 0.1) is 15.2 Å². The van der Waals surface area contributed by atoms with Gasteiger partial charge in [0.2, 0.25) is 0 Å². The zero-order chi connectivity index (χ0) is 23.5. The molecule has 1 aliphatic rings. The van der Waals surface area contributed by atoms with Gasteiger partial charge in [-0.1, -0.05) is 0 Å². The molecule has 32 heavy (non-hydrogen) atoms. The van der Waals surface area contributed by atoms with Crippen molar-refractivity contribution in [1.29, 1.82) is 0 Å². The third kappa shape index (κ3) is 6.60. The average Bonchev–Trinajstić information content (AvgIpc) is 2.70. The maximum absolute atomic E-state index is 13.6. The minimum atomic E-state index is -1.67. The number of nitrogens with one attached hydrogen (secondary N) is 2. The SMILES string of the molecule is CC(C)(O)C(=O)NC(Cc1cc(F)cc(F)c1)C(O)CN[C@H]1CCOc2ccc(I)cc21. The number of hydrogen-bond acceptors (Lipinski definition) is 5. The van der Waals surface area contributed by atoms with Gasteiger partial charge in [-0.15, -0.1) is 0 Å². The van der Waals surface area contributed by atoms with Crippen molar-refractivity contribution in [1.82, 2.24) is 10.6 Å². The van der Waals surface area contributed by atoms with Gasteiger partial charge in [-0.25, -0.2) is 8.78 Å². The van der Waals surface area contributed by atoms with Crippen LogP contribution in [-0.4, -0.2) is 47.0 Å². The lowest BCUT2D eigenvalue weighted by Gasteiger charge is -2.31. The van der Waals surface area contributed by atoms with E-state index in [0.29, 0.717) is 13.0 Å². The summed E-state index contributed by atoms with van der Waals surface area (Å²) < 4.78 is 34.0. The van der Waals surface area contributed by atoms with Gasteiger partial charge < -0.3 is 25.6 Å². The van der Waals surface area contributed by atoms with Crippen LogP contribution in [0.2, 0.25) is 0 Å². The van der Waals surface area contributed by atoms with Crippen LogP contribution in [0.25, 0.3) is 0 Å². The van der Waals surface area contributed by atoms with E-state index in [1.54, 1.807) is 0 Å². The topological polar surface area (TPSA) is 90.8 Å². The number of halogens is 3. The van der Waals surface area contributed by atoms with Crippen LogP contribution in [0.1, 0.15) is 37.4 Å². The zero-order valence-electron chi connectivity index (χ0n) is 17.9. The highest BCUT2D eigenvalue weighted by Gasteiger charge is 2.30. The van der Waals surface area contributed by atoms with E-state index < -0.39 is 35.3 Å². The lowest BCUT2D eigenvalue weighted by Crippen LogP contribution is -2.54. The smallest absolute Gasteiger partial charge is 0.251 e. The highest BCUT2D eigenvalue weighted by atomic mass is 127. The molecule has 174 valence electrons. The van der Waals surface area contributed by atoms with Crippen molar-refractivity contribution in [2.75, 3.05) is 13.2 Å². The molecule has 0 aliphatic carbocycles. The lowest BCUT2D eigenvalue weighted by atomic mass is 9.97. The van der Waals surface area contributed by atoms with Crippen molar-refractivity contribution in [3.8, 4) is 5.75 Å². The fourth-order valence-corrected chi connectivity index (χ4v) is 4.11. The number of hydrogen-bond donors (Lipinski definition) is 4. The van der Waals surface area contributed by atoms with Crippen molar-refractivity contribution >= 4 is 28.5 Å². The summed E-state index contributed by atoms with van der Waals surface area (Å²) in [7, 11) is 0. The number of fused-ring (bicyclic) bond motifs is 1. The highest BCUT2D eigenvalue weighted by Crippen LogP contribution is 2.33. The number of ether oxygens (including phenoxy) is 1. The first-order chi connectivity index (χ1) is 15.0. The van der Waals surface area contributed by atoms with Gasteiger partial charge in [-0.05, 0) is 78.8 Å². The van der Waals surface area contributed by atoms with E-state index in [4.69, 9.17) is 4.74 Å². The Bertz CT molecular complexity index is 947. The van der Waals surface area contributed by atoms with Gasteiger partial charge in [0.05, 0.1) is 18.8 Å². The van der Waals surface area contributed by atoms with Crippen molar-refractivity contribution in [3.63, 3.8) is 0 Å². The molecule has 0 aromatic heterocycles. The Morgan fingerprint density at radius 1 is 1.25 bits per heavy atom. The van der Waals surface area contributed by atoms with Crippen molar-refractivity contribution < 1.29 is 28.5 Å². The Labute approximate surface area is 199 Å². The monoisotopic (exact) mass is 560 g/mol. The van der Waals surface area contributed by atoms with Crippen molar-refractivity contribution in [2.45, 2.75) is 50.5 Å². The standard InChI is InChI=1S/C23H27F2IN2O4/c1-23(2,31)22(30)28-19(9-13-7-14(24)10-15(25)8-13)20(29)12-27-18-5-6-32-21-4-3-16(26)11-17(18)21/h3-4,7-8,10-11,18-20,27,29,31H,5-6,9,12H2,1-2H3,(H,28,30)/t18-,19?,20?/m0/s1. The minimum absolute atomic E-state index is 0.0123. The molecule has 1 aliphatic heterocycles. The average molecular weight is 560 g/mol. The van der Waals surface area contributed by atoms with E-state index in [0.717, 1.165) is 33.1 Å². The predicted molar refractivity (Wildman–Crippen MR) is 124 cm³/mol. The molecule has 6 nitrogen and oxygen atoms in total. The summed E-state index contributed by atoms with van der Waals surface area (Å²) in [6.45, 7) is 3.30. The van der Waals surface area contributed by atoms with Crippen molar-refractivity contribution in [3.05, 3.63) is 62.7 Å². The molecule has 9 heteroatoms. The summed E-state index contributed by atoms with van der Waals surface area (Å²) in [5.74, 6) is -1.39. The molecule has 3 rings (SSSR count). The van der Waals surface area contributed by atoms with Gasteiger partial charge in [-0.3, -0.25) is 4.79 Å². The molecule has 0 saturated carbocycles. The third-order valence-electron chi connectivity index (χ3n) is 5.30. The van der Waals surface area contributed by atoms with E-state index in [9.17, 15) is 23.8 Å². The quantitative estimate of drug-likeness (QED) is 0.373. The second-order valence-electron chi connectivity index (χ2n) is 8.47. The largest absolute Gasteiger partial charge is 0.493 e. The molecule has 2 aromatic rings. The Morgan fingerprint density at radius 3 is 2.59 bits per heavy atom. The van der Waals surface area contributed by atoms with Crippen LogP contribution in [0.5, 0.6) is 5.75 Å². The second kappa shape index (κ2) is 10.4.